The summed E-state index contributed by atoms with van der Waals surface area (Å²) in [5.74, 6) is 0.0495. The minimum Gasteiger partial charge on any atom is -0.368 e. The van der Waals surface area contributed by atoms with Crippen molar-refractivity contribution < 1.29 is 18.0 Å². The molecular formula is C22H30N6O4S. The maximum absolute atomic E-state index is 12.8. The minimum absolute atomic E-state index is 0.0137. The molecule has 2 saturated carbocycles. The van der Waals surface area contributed by atoms with Crippen molar-refractivity contribution in [3.63, 3.8) is 0 Å². The van der Waals surface area contributed by atoms with E-state index in [1.54, 1.807) is 0 Å². The van der Waals surface area contributed by atoms with Gasteiger partial charge in [-0.2, -0.15) is 9.67 Å². The SMILES string of the molecule is Nc1nc(C2CCCC(C(=O)Nc3ccc(S(N)(=O)=O)cc3)C2)nn1C(=O)C1CCCCC1. The van der Waals surface area contributed by atoms with Crippen molar-refractivity contribution in [3.8, 4) is 0 Å². The van der Waals surface area contributed by atoms with Gasteiger partial charge in [-0.1, -0.05) is 25.7 Å². The van der Waals surface area contributed by atoms with E-state index < -0.39 is 10.0 Å². The van der Waals surface area contributed by atoms with Gasteiger partial charge in [0.2, 0.25) is 21.9 Å². The minimum atomic E-state index is -3.78. The summed E-state index contributed by atoms with van der Waals surface area (Å²) in [4.78, 5) is 30.0. The Balaban J connectivity index is 1.41. The van der Waals surface area contributed by atoms with Crippen LogP contribution in [0.25, 0.3) is 0 Å². The largest absolute Gasteiger partial charge is 0.368 e. The maximum atomic E-state index is 12.8. The Morgan fingerprint density at radius 1 is 0.970 bits per heavy atom. The fraction of sp³-hybridized carbons (Fsp3) is 0.545. The third-order valence-electron chi connectivity index (χ3n) is 6.67. The average molecular weight is 475 g/mol. The van der Waals surface area contributed by atoms with Gasteiger partial charge in [0.05, 0.1) is 4.90 Å². The van der Waals surface area contributed by atoms with Gasteiger partial charge in [-0.05, 0) is 56.4 Å². The van der Waals surface area contributed by atoms with Crippen LogP contribution >= 0.6 is 0 Å². The number of hydrogen-bond donors (Lipinski definition) is 3. The molecule has 10 nitrogen and oxygen atoms in total. The molecule has 0 saturated heterocycles. The van der Waals surface area contributed by atoms with Crippen molar-refractivity contribution in [2.24, 2.45) is 17.0 Å². The number of carbonyl (C=O) groups is 2. The number of carbonyl (C=O) groups excluding carboxylic acids is 2. The number of anilines is 2. The molecule has 178 valence electrons. The summed E-state index contributed by atoms with van der Waals surface area (Å²) in [5, 5.41) is 12.4. The lowest BCUT2D eigenvalue weighted by atomic mass is 9.80. The number of hydrogen-bond acceptors (Lipinski definition) is 7. The quantitative estimate of drug-likeness (QED) is 0.599. The molecule has 0 bridgehead atoms. The van der Waals surface area contributed by atoms with Crippen LogP contribution in [0.5, 0.6) is 0 Å². The Hall–Kier alpha value is -2.79. The molecule has 0 radical (unpaired) electrons. The highest BCUT2D eigenvalue weighted by atomic mass is 32.2. The Labute approximate surface area is 193 Å². The number of nitrogens with two attached hydrogens (primary N) is 2. The number of aromatic nitrogens is 3. The summed E-state index contributed by atoms with van der Waals surface area (Å²) in [5.41, 5.74) is 6.53. The van der Waals surface area contributed by atoms with Crippen LogP contribution in [0.2, 0.25) is 0 Å². The monoisotopic (exact) mass is 474 g/mol. The zero-order valence-electron chi connectivity index (χ0n) is 18.4. The van der Waals surface area contributed by atoms with Crippen LogP contribution < -0.4 is 16.2 Å². The van der Waals surface area contributed by atoms with E-state index in [1.807, 2.05) is 0 Å². The van der Waals surface area contributed by atoms with Gasteiger partial charge in [-0.3, -0.25) is 9.59 Å². The molecule has 2 aromatic rings. The first-order valence-corrected chi connectivity index (χ1v) is 13.0. The summed E-state index contributed by atoms with van der Waals surface area (Å²) < 4.78 is 24.0. The fourth-order valence-electron chi connectivity index (χ4n) is 4.83. The molecule has 0 aliphatic heterocycles. The third kappa shape index (κ3) is 5.41. The molecule has 1 heterocycles. The molecule has 1 amide bonds. The third-order valence-corrected chi connectivity index (χ3v) is 7.60. The molecule has 1 aromatic heterocycles. The standard InChI is InChI=1S/C22H30N6O4S/c23-22-26-19(27-28(22)21(30)14-5-2-1-3-6-14)15-7-4-8-16(13-15)20(29)25-17-9-11-18(12-10-17)33(24,31)32/h9-12,14-16H,1-8,13H2,(H,25,29)(H2,23,26,27)(H2,24,31,32). The van der Waals surface area contributed by atoms with Crippen LogP contribution in [0, 0.1) is 11.8 Å². The lowest BCUT2D eigenvalue weighted by Crippen LogP contribution is -2.28. The highest BCUT2D eigenvalue weighted by Crippen LogP contribution is 2.36. The fourth-order valence-corrected chi connectivity index (χ4v) is 5.35. The predicted octanol–water partition coefficient (Wildman–Crippen LogP) is 2.64. The molecule has 1 aromatic carbocycles. The molecule has 0 spiro atoms. The van der Waals surface area contributed by atoms with Crippen molar-refractivity contribution in [2.75, 3.05) is 11.1 Å². The van der Waals surface area contributed by atoms with Crippen LogP contribution in [0.3, 0.4) is 0 Å². The number of benzene rings is 1. The van der Waals surface area contributed by atoms with Crippen LogP contribution in [0.1, 0.15) is 74.3 Å². The van der Waals surface area contributed by atoms with Crippen LogP contribution in [0.4, 0.5) is 11.6 Å². The summed E-state index contributed by atoms with van der Waals surface area (Å²) in [6, 6.07) is 5.74. The van der Waals surface area contributed by atoms with Crippen molar-refractivity contribution in [2.45, 2.75) is 68.6 Å². The van der Waals surface area contributed by atoms with Gasteiger partial charge < -0.3 is 11.1 Å². The Morgan fingerprint density at radius 2 is 1.64 bits per heavy atom. The van der Waals surface area contributed by atoms with E-state index >= 15 is 0 Å². The highest BCUT2D eigenvalue weighted by molar-refractivity contribution is 7.89. The van der Waals surface area contributed by atoms with Crippen LogP contribution in [0.15, 0.2) is 29.2 Å². The summed E-state index contributed by atoms with van der Waals surface area (Å²) in [7, 11) is -3.78. The van der Waals surface area contributed by atoms with Crippen LogP contribution in [-0.4, -0.2) is 35.0 Å². The molecule has 5 N–H and O–H groups in total. The zero-order chi connectivity index (χ0) is 23.6. The molecule has 4 rings (SSSR count). The van der Waals surface area contributed by atoms with Crippen molar-refractivity contribution in [1.29, 1.82) is 0 Å². The van der Waals surface area contributed by atoms with Crippen LogP contribution in [-0.2, 0) is 14.8 Å². The molecule has 33 heavy (non-hydrogen) atoms. The molecule has 2 aliphatic carbocycles. The number of rotatable bonds is 5. The van der Waals surface area contributed by atoms with E-state index in [0.717, 1.165) is 51.4 Å². The number of amides is 1. The summed E-state index contributed by atoms with van der Waals surface area (Å²) >= 11 is 0. The Morgan fingerprint density at radius 3 is 2.30 bits per heavy atom. The zero-order valence-corrected chi connectivity index (χ0v) is 19.3. The average Bonchev–Trinajstić information content (AvgIpc) is 3.20. The van der Waals surface area contributed by atoms with Gasteiger partial charge in [-0.15, -0.1) is 5.10 Å². The second kappa shape index (κ2) is 9.60. The first-order valence-electron chi connectivity index (χ1n) is 11.4. The second-order valence-corrected chi connectivity index (χ2v) is 10.6. The molecular weight excluding hydrogens is 444 g/mol. The molecule has 2 fully saturated rings. The number of sulfonamides is 1. The lowest BCUT2D eigenvalue weighted by molar-refractivity contribution is -0.120. The normalized spacial score (nSPS) is 22.1. The van der Waals surface area contributed by atoms with E-state index in [9.17, 15) is 18.0 Å². The summed E-state index contributed by atoms with van der Waals surface area (Å²) in [6.07, 6.45) is 7.91. The van der Waals surface area contributed by atoms with Gasteiger partial charge >= 0.3 is 0 Å². The van der Waals surface area contributed by atoms with Crippen molar-refractivity contribution >= 4 is 33.5 Å². The van der Waals surface area contributed by atoms with Gasteiger partial charge in [-0.25, -0.2) is 13.6 Å². The van der Waals surface area contributed by atoms with E-state index in [-0.39, 0.29) is 40.4 Å². The number of nitrogens with one attached hydrogen (secondary N) is 1. The lowest BCUT2D eigenvalue weighted by Gasteiger charge is -2.26. The number of nitrogen functional groups attached to an aromatic ring is 1. The molecule has 2 unspecified atom stereocenters. The van der Waals surface area contributed by atoms with Crippen molar-refractivity contribution in [1.82, 2.24) is 14.8 Å². The van der Waals surface area contributed by atoms with E-state index in [4.69, 9.17) is 10.9 Å². The van der Waals surface area contributed by atoms with Gasteiger partial charge in [0.25, 0.3) is 5.91 Å². The van der Waals surface area contributed by atoms with Gasteiger partial charge in [0.15, 0.2) is 5.82 Å². The molecule has 2 atom stereocenters. The molecule has 2 aliphatic rings. The van der Waals surface area contributed by atoms with Gasteiger partial charge in [0, 0.05) is 23.4 Å². The highest BCUT2D eigenvalue weighted by Gasteiger charge is 2.32. The maximum Gasteiger partial charge on any atom is 0.253 e. The van der Waals surface area contributed by atoms with E-state index in [1.165, 1.54) is 28.9 Å². The Bertz CT molecular complexity index is 1120. The first kappa shape index (κ1) is 23.4. The summed E-state index contributed by atoms with van der Waals surface area (Å²) in [6.45, 7) is 0. The first-order chi connectivity index (χ1) is 15.7. The van der Waals surface area contributed by atoms with E-state index in [0.29, 0.717) is 17.9 Å². The smallest absolute Gasteiger partial charge is 0.253 e. The number of nitrogens with zero attached hydrogens (tertiary/aromatic N) is 3. The van der Waals surface area contributed by atoms with Crippen molar-refractivity contribution in [3.05, 3.63) is 30.1 Å². The predicted molar refractivity (Wildman–Crippen MR) is 123 cm³/mol. The topological polar surface area (TPSA) is 163 Å². The van der Waals surface area contributed by atoms with E-state index in [2.05, 4.69) is 15.4 Å². The Kier molecular flexibility index (Phi) is 6.80. The molecule has 11 heteroatoms. The second-order valence-electron chi connectivity index (χ2n) is 9.03. The number of primary sulfonamides is 1. The van der Waals surface area contributed by atoms with Gasteiger partial charge in [0.1, 0.15) is 0 Å².